The van der Waals surface area contributed by atoms with Crippen LogP contribution in [0.1, 0.15) is 24.5 Å². The van der Waals surface area contributed by atoms with E-state index in [0.29, 0.717) is 6.42 Å². The summed E-state index contributed by atoms with van der Waals surface area (Å²) < 4.78 is 4.58. The Labute approximate surface area is 102 Å². The zero-order valence-electron chi connectivity index (χ0n) is 9.70. The molecule has 0 N–H and O–H groups in total. The monoisotopic (exact) mass is 240 g/mol. The van der Waals surface area contributed by atoms with Crippen molar-refractivity contribution in [3.8, 4) is 0 Å². The maximum atomic E-state index is 11.1. The average molecular weight is 241 g/mol. The molecule has 0 fully saturated rings. The molecule has 88 valence electrons. The van der Waals surface area contributed by atoms with Crippen molar-refractivity contribution in [1.82, 2.24) is 0 Å². The summed E-state index contributed by atoms with van der Waals surface area (Å²) in [5.41, 5.74) is 2.38. The summed E-state index contributed by atoms with van der Waals surface area (Å²) in [5.74, 6) is -0.376. The van der Waals surface area contributed by atoms with Crippen molar-refractivity contribution in [1.29, 1.82) is 0 Å². The van der Waals surface area contributed by atoms with Gasteiger partial charge >= 0.3 is 5.97 Å². The summed E-state index contributed by atoms with van der Waals surface area (Å²) in [6, 6.07) is 8.20. The highest BCUT2D eigenvalue weighted by molar-refractivity contribution is 6.30. The molecule has 0 aliphatic carbocycles. The van der Waals surface area contributed by atoms with Crippen LogP contribution in [0.4, 0.5) is 0 Å². The Morgan fingerprint density at radius 1 is 1.31 bits per heavy atom. The number of carbonyl (C=O) groups excluding carboxylic acids is 1. The van der Waals surface area contributed by atoms with Gasteiger partial charge in [0.1, 0.15) is 5.38 Å². The van der Waals surface area contributed by atoms with Gasteiger partial charge in [-0.2, -0.15) is 0 Å². The van der Waals surface area contributed by atoms with Gasteiger partial charge < -0.3 is 4.74 Å². The molecule has 0 amide bonds. The van der Waals surface area contributed by atoms with Crippen molar-refractivity contribution >= 4 is 17.6 Å². The lowest BCUT2D eigenvalue weighted by Crippen LogP contribution is -2.18. The molecule has 0 aliphatic heterocycles. The minimum atomic E-state index is -0.595. The molecule has 3 heteroatoms. The van der Waals surface area contributed by atoms with E-state index in [0.717, 1.165) is 18.4 Å². The number of rotatable bonds is 5. The first-order valence-corrected chi connectivity index (χ1v) is 5.90. The second-order valence-electron chi connectivity index (χ2n) is 3.76. The van der Waals surface area contributed by atoms with Crippen LogP contribution in [-0.2, 0) is 22.4 Å². The first-order chi connectivity index (χ1) is 7.67. The molecule has 1 aromatic rings. The second kappa shape index (κ2) is 6.54. The Bertz CT molecular complexity index is 332. The topological polar surface area (TPSA) is 26.3 Å². The molecule has 0 bridgehead atoms. The highest BCUT2D eigenvalue weighted by atomic mass is 35.5. The standard InChI is InChI=1S/C13H17ClO2/c1-3-4-10-5-7-11(8-6-10)9-12(14)13(15)16-2/h5-8,12H,3-4,9H2,1-2H3. The van der Waals surface area contributed by atoms with Crippen molar-refractivity contribution in [2.45, 2.75) is 31.6 Å². The zero-order valence-corrected chi connectivity index (χ0v) is 10.5. The Hall–Kier alpha value is -1.02. The van der Waals surface area contributed by atoms with E-state index in [9.17, 15) is 4.79 Å². The number of benzene rings is 1. The molecule has 1 rings (SSSR count). The molecule has 16 heavy (non-hydrogen) atoms. The van der Waals surface area contributed by atoms with Gasteiger partial charge in [0.05, 0.1) is 7.11 Å². The van der Waals surface area contributed by atoms with Crippen LogP contribution >= 0.6 is 11.6 Å². The van der Waals surface area contributed by atoms with Crippen molar-refractivity contribution in [3.05, 3.63) is 35.4 Å². The van der Waals surface area contributed by atoms with Crippen molar-refractivity contribution in [3.63, 3.8) is 0 Å². The third kappa shape index (κ3) is 3.86. The minimum Gasteiger partial charge on any atom is -0.468 e. The number of halogens is 1. The number of hydrogen-bond donors (Lipinski definition) is 0. The van der Waals surface area contributed by atoms with Crippen LogP contribution in [0.3, 0.4) is 0 Å². The molecule has 1 unspecified atom stereocenters. The molecule has 1 aromatic carbocycles. The molecular formula is C13H17ClO2. The quantitative estimate of drug-likeness (QED) is 0.584. The number of alkyl halides is 1. The third-order valence-corrected chi connectivity index (χ3v) is 2.77. The van der Waals surface area contributed by atoms with E-state index in [1.54, 1.807) is 0 Å². The smallest absolute Gasteiger partial charge is 0.324 e. The van der Waals surface area contributed by atoms with Gasteiger partial charge in [-0.3, -0.25) is 4.79 Å². The zero-order chi connectivity index (χ0) is 12.0. The maximum Gasteiger partial charge on any atom is 0.324 e. The number of hydrogen-bond acceptors (Lipinski definition) is 2. The first kappa shape index (κ1) is 13.0. The van der Waals surface area contributed by atoms with Crippen LogP contribution in [0.2, 0.25) is 0 Å². The van der Waals surface area contributed by atoms with Gasteiger partial charge in [-0.25, -0.2) is 0 Å². The molecule has 0 radical (unpaired) electrons. The normalized spacial score (nSPS) is 12.2. The fourth-order valence-electron chi connectivity index (χ4n) is 1.55. The van der Waals surface area contributed by atoms with E-state index in [1.165, 1.54) is 12.7 Å². The van der Waals surface area contributed by atoms with Crippen LogP contribution in [-0.4, -0.2) is 18.5 Å². The Balaban J connectivity index is 2.58. The molecular weight excluding hydrogens is 224 g/mol. The summed E-state index contributed by atoms with van der Waals surface area (Å²) in [6.07, 6.45) is 2.74. The lowest BCUT2D eigenvalue weighted by atomic mass is 10.0. The largest absolute Gasteiger partial charge is 0.468 e. The third-order valence-electron chi connectivity index (χ3n) is 2.43. The number of carbonyl (C=O) groups is 1. The molecule has 0 saturated heterocycles. The second-order valence-corrected chi connectivity index (χ2v) is 4.29. The lowest BCUT2D eigenvalue weighted by molar-refractivity contribution is -0.140. The van der Waals surface area contributed by atoms with E-state index < -0.39 is 5.38 Å². The van der Waals surface area contributed by atoms with E-state index >= 15 is 0 Å². The van der Waals surface area contributed by atoms with Crippen molar-refractivity contribution < 1.29 is 9.53 Å². The molecule has 0 aromatic heterocycles. The van der Waals surface area contributed by atoms with Crippen LogP contribution in [0.15, 0.2) is 24.3 Å². The van der Waals surface area contributed by atoms with Gasteiger partial charge in [-0.15, -0.1) is 11.6 Å². The number of aryl methyl sites for hydroxylation is 1. The van der Waals surface area contributed by atoms with E-state index in [4.69, 9.17) is 11.6 Å². The predicted octanol–water partition coefficient (Wildman–Crippen LogP) is 2.96. The number of ether oxygens (including phenoxy) is 1. The Morgan fingerprint density at radius 2 is 1.88 bits per heavy atom. The van der Waals surface area contributed by atoms with Gasteiger partial charge in [0.25, 0.3) is 0 Å². The van der Waals surface area contributed by atoms with Crippen molar-refractivity contribution in [2.24, 2.45) is 0 Å². The van der Waals surface area contributed by atoms with Crippen LogP contribution in [0.5, 0.6) is 0 Å². The van der Waals surface area contributed by atoms with Crippen LogP contribution in [0.25, 0.3) is 0 Å². The summed E-state index contributed by atoms with van der Waals surface area (Å²) in [5, 5.41) is -0.595. The Morgan fingerprint density at radius 3 is 2.38 bits per heavy atom. The molecule has 2 nitrogen and oxygen atoms in total. The van der Waals surface area contributed by atoms with Gasteiger partial charge in [-0.1, -0.05) is 37.6 Å². The highest BCUT2D eigenvalue weighted by Gasteiger charge is 2.15. The molecule has 0 heterocycles. The molecule has 1 atom stereocenters. The van der Waals surface area contributed by atoms with E-state index in [-0.39, 0.29) is 5.97 Å². The lowest BCUT2D eigenvalue weighted by Gasteiger charge is -2.07. The summed E-state index contributed by atoms with van der Waals surface area (Å²) in [7, 11) is 1.35. The first-order valence-electron chi connectivity index (χ1n) is 5.47. The highest BCUT2D eigenvalue weighted by Crippen LogP contribution is 2.12. The van der Waals surface area contributed by atoms with Gasteiger partial charge in [0, 0.05) is 0 Å². The summed E-state index contributed by atoms with van der Waals surface area (Å²) in [6.45, 7) is 2.15. The maximum absolute atomic E-state index is 11.1. The predicted molar refractivity (Wildman–Crippen MR) is 65.8 cm³/mol. The summed E-state index contributed by atoms with van der Waals surface area (Å²) >= 11 is 5.89. The van der Waals surface area contributed by atoms with Gasteiger partial charge in [0.15, 0.2) is 0 Å². The molecule has 0 spiro atoms. The van der Waals surface area contributed by atoms with Crippen molar-refractivity contribution in [2.75, 3.05) is 7.11 Å². The van der Waals surface area contributed by atoms with Gasteiger partial charge in [-0.05, 0) is 24.0 Å². The fraction of sp³-hybridized carbons (Fsp3) is 0.462. The van der Waals surface area contributed by atoms with Gasteiger partial charge in [0.2, 0.25) is 0 Å². The Kier molecular flexibility index (Phi) is 5.33. The minimum absolute atomic E-state index is 0.376. The fourth-order valence-corrected chi connectivity index (χ4v) is 1.82. The van der Waals surface area contributed by atoms with E-state index in [2.05, 4.69) is 23.8 Å². The van der Waals surface area contributed by atoms with Crippen LogP contribution in [0, 0.1) is 0 Å². The van der Waals surface area contributed by atoms with Crippen LogP contribution < -0.4 is 0 Å². The summed E-state index contributed by atoms with van der Waals surface area (Å²) in [4.78, 5) is 11.1. The average Bonchev–Trinajstić information content (AvgIpc) is 2.31. The number of methoxy groups -OCH3 is 1. The number of esters is 1. The SMILES string of the molecule is CCCc1ccc(CC(Cl)C(=O)OC)cc1. The molecule has 0 saturated carbocycles. The van der Waals surface area contributed by atoms with E-state index in [1.807, 2.05) is 12.1 Å². The molecule has 0 aliphatic rings.